The zero-order chi connectivity index (χ0) is 15.9. The van der Waals surface area contributed by atoms with Crippen LogP contribution in [0.1, 0.15) is 43.4 Å². The Balaban J connectivity index is 1.86. The molecule has 0 aliphatic carbocycles. The molecule has 2 atom stereocenters. The van der Waals surface area contributed by atoms with Crippen molar-refractivity contribution in [1.29, 1.82) is 0 Å². The summed E-state index contributed by atoms with van der Waals surface area (Å²) in [6, 6.07) is 20.4. The van der Waals surface area contributed by atoms with Crippen LogP contribution in [0, 0.1) is 0 Å². The maximum absolute atomic E-state index is 2.72. The van der Waals surface area contributed by atoms with E-state index in [0.29, 0.717) is 6.04 Å². The monoisotopic (exact) mass is 306 g/mol. The number of likely N-dealkylation sites (tertiary alicyclic amines) is 1. The number of benzene rings is 2. The lowest BCUT2D eigenvalue weighted by molar-refractivity contribution is 0.112. The molecule has 2 aliphatic heterocycles. The van der Waals surface area contributed by atoms with E-state index in [2.05, 4.69) is 78.4 Å². The van der Waals surface area contributed by atoms with Crippen molar-refractivity contribution in [2.45, 2.75) is 37.8 Å². The van der Waals surface area contributed by atoms with E-state index >= 15 is 0 Å². The van der Waals surface area contributed by atoms with Crippen molar-refractivity contribution in [3.8, 4) is 0 Å². The molecule has 0 saturated carbocycles. The van der Waals surface area contributed by atoms with Crippen LogP contribution in [-0.2, 0) is 5.54 Å². The fourth-order valence-electron chi connectivity index (χ4n) is 4.62. The fraction of sp³-hybridized carbons (Fsp3) is 0.429. The maximum Gasteiger partial charge on any atom is 0.0819 e. The summed E-state index contributed by atoms with van der Waals surface area (Å²) in [5, 5.41) is 0. The van der Waals surface area contributed by atoms with Crippen LogP contribution < -0.4 is 4.90 Å². The molecule has 0 radical (unpaired) electrons. The molecule has 2 aliphatic rings. The molecule has 1 fully saturated rings. The highest BCUT2D eigenvalue weighted by atomic mass is 15.3. The molecule has 0 N–H and O–H groups in total. The fourth-order valence-corrected chi connectivity index (χ4v) is 4.62. The Morgan fingerprint density at radius 3 is 2.26 bits per heavy atom. The third kappa shape index (κ3) is 2.20. The summed E-state index contributed by atoms with van der Waals surface area (Å²) in [6.45, 7) is 4.85. The van der Waals surface area contributed by atoms with Crippen molar-refractivity contribution >= 4 is 5.69 Å². The third-order valence-corrected chi connectivity index (χ3v) is 5.94. The molecule has 2 heteroatoms. The van der Waals surface area contributed by atoms with Crippen LogP contribution in [0.2, 0.25) is 0 Å². The first-order valence-electron chi connectivity index (χ1n) is 8.85. The molecule has 2 aromatic carbocycles. The molecule has 4 rings (SSSR count). The quantitative estimate of drug-likeness (QED) is 0.801. The Kier molecular flexibility index (Phi) is 3.65. The average molecular weight is 306 g/mol. The second kappa shape index (κ2) is 5.68. The highest BCUT2D eigenvalue weighted by Crippen LogP contribution is 2.53. The van der Waals surface area contributed by atoms with E-state index in [9.17, 15) is 0 Å². The van der Waals surface area contributed by atoms with Gasteiger partial charge in [-0.2, -0.15) is 0 Å². The van der Waals surface area contributed by atoms with Crippen LogP contribution in [0.3, 0.4) is 0 Å². The van der Waals surface area contributed by atoms with Gasteiger partial charge >= 0.3 is 0 Å². The van der Waals surface area contributed by atoms with Gasteiger partial charge in [0.05, 0.1) is 11.6 Å². The van der Waals surface area contributed by atoms with Gasteiger partial charge in [0.2, 0.25) is 0 Å². The van der Waals surface area contributed by atoms with Gasteiger partial charge in [-0.25, -0.2) is 0 Å². The SMILES string of the molecule is CN1c2ccccc2C(N2CCCCC2)C1(C)c1ccccc1. The van der Waals surface area contributed by atoms with Crippen molar-refractivity contribution in [3.05, 3.63) is 65.7 Å². The van der Waals surface area contributed by atoms with E-state index in [-0.39, 0.29) is 5.54 Å². The standard InChI is InChI=1S/C21H26N2/c1-21(17-11-5-3-6-12-17)20(23-15-9-4-10-16-23)18-13-7-8-14-19(18)22(21)2/h3,5-8,11-14,20H,4,9-10,15-16H2,1-2H3. The Morgan fingerprint density at radius 2 is 1.52 bits per heavy atom. The van der Waals surface area contributed by atoms with Crippen LogP contribution in [-0.4, -0.2) is 25.0 Å². The molecule has 0 bridgehead atoms. The highest BCUT2D eigenvalue weighted by molar-refractivity contribution is 5.65. The lowest BCUT2D eigenvalue weighted by Crippen LogP contribution is -2.49. The molecule has 23 heavy (non-hydrogen) atoms. The van der Waals surface area contributed by atoms with Gasteiger partial charge in [0.25, 0.3) is 0 Å². The van der Waals surface area contributed by atoms with Gasteiger partial charge in [0.1, 0.15) is 0 Å². The Bertz CT molecular complexity index is 675. The van der Waals surface area contributed by atoms with Crippen molar-refractivity contribution in [2.24, 2.45) is 0 Å². The largest absolute Gasteiger partial charge is 0.363 e. The summed E-state index contributed by atoms with van der Waals surface area (Å²) in [7, 11) is 2.26. The van der Waals surface area contributed by atoms with E-state index in [4.69, 9.17) is 0 Å². The number of rotatable bonds is 2. The predicted molar refractivity (Wildman–Crippen MR) is 96.8 cm³/mol. The second-order valence-electron chi connectivity index (χ2n) is 7.13. The minimum Gasteiger partial charge on any atom is -0.363 e. The molecule has 2 aromatic rings. The Hall–Kier alpha value is -1.80. The first-order valence-corrected chi connectivity index (χ1v) is 8.85. The van der Waals surface area contributed by atoms with Gasteiger partial charge in [-0.05, 0) is 50.0 Å². The summed E-state index contributed by atoms with van der Waals surface area (Å²) < 4.78 is 0. The normalized spacial score (nSPS) is 27.9. The Morgan fingerprint density at radius 1 is 0.870 bits per heavy atom. The van der Waals surface area contributed by atoms with Gasteiger partial charge in [0, 0.05) is 12.7 Å². The number of para-hydroxylation sites is 1. The second-order valence-corrected chi connectivity index (χ2v) is 7.13. The third-order valence-electron chi connectivity index (χ3n) is 5.94. The minimum absolute atomic E-state index is 0.0116. The van der Waals surface area contributed by atoms with Crippen LogP contribution in [0.25, 0.3) is 0 Å². The average Bonchev–Trinajstić information content (AvgIpc) is 2.86. The number of nitrogens with zero attached hydrogens (tertiary/aromatic N) is 2. The maximum atomic E-state index is 2.72. The van der Waals surface area contributed by atoms with Crippen LogP contribution >= 0.6 is 0 Å². The number of hydrogen-bond acceptors (Lipinski definition) is 2. The summed E-state index contributed by atoms with van der Waals surface area (Å²) in [6.07, 6.45) is 4.03. The van der Waals surface area contributed by atoms with Crippen molar-refractivity contribution in [1.82, 2.24) is 4.90 Å². The van der Waals surface area contributed by atoms with Crippen LogP contribution in [0.15, 0.2) is 54.6 Å². The zero-order valence-electron chi connectivity index (χ0n) is 14.2. The number of anilines is 1. The number of likely N-dealkylation sites (N-methyl/N-ethyl adjacent to an activating group) is 1. The molecule has 2 heterocycles. The van der Waals surface area contributed by atoms with Crippen LogP contribution in [0.4, 0.5) is 5.69 Å². The molecular formula is C21H26N2. The molecule has 2 nitrogen and oxygen atoms in total. The predicted octanol–water partition coefficient (Wildman–Crippen LogP) is 4.58. The molecule has 2 unspecified atom stereocenters. The van der Waals surface area contributed by atoms with Gasteiger partial charge in [-0.15, -0.1) is 0 Å². The summed E-state index contributed by atoms with van der Waals surface area (Å²) in [4.78, 5) is 5.22. The van der Waals surface area contributed by atoms with Gasteiger partial charge in [-0.1, -0.05) is 55.0 Å². The molecule has 1 saturated heterocycles. The first-order chi connectivity index (χ1) is 11.2. The van der Waals surface area contributed by atoms with E-state index in [1.54, 1.807) is 0 Å². The van der Waals surface area contributed by atoms with E-state index in [1.165, 1.54) is 49.2 Å². The number of piperidine rings is 1. The van der Waals surface area contributed by atoms with Crippen molar-refractivity contribution < 1.29 is 0 Å². The zero-order valence-corrected chi connectivity index (χ0v) is 14.2. The highest BCUT2D eigenvalue weighted by Gasteiger charge is 2.50. The number of hydrogen-bond donors (Lipinski definition) is 0. The molecular weight excluding hydrogens is 280 g/mol. The number of fused-ring (bicyclic) bond motifs is 1. The Labute approximate surface area is 139 Å². The van der Waals surface area contributed by atoms with Crippen molar-refractivity contribution in [2.75, 3.05) is 25.0 Å². The van der Waals surface area contributed by atoms with Crippen molar-refractivity contribution in [3.63, 3.8) is 0 Å². The van der Waals surface area contributed by atoms with Gasteiger partial charge in [0.15, 0.2) is 0 Å². The first kappa shape index (κ1) is 14.8. The minimum atomic E-state index is -0.0116. The van der Waals surface area contributed by atoms with Gasteiger partial charge in [-0.3, -0.25) is 4.90 Å². The molecule has 0 aromatic heterocycles. The van der Waals surface area contributed by atoms with E-state index < -0.39 is 0 Å². The van der Waals surface area contributed by atoms with Crippen LogP contribution in [0.5, 0.6) is 0 Å². The van der Waals surface area contributed by atoms with E-state index in [0.717, 1.165) is 0 Å². The van der Waals surface area contributed by atoms with E-state index in [1.807, 2.05) is 0 Å². The van der Waals surface area contributed by atoms with Gasteiger partial charge < -0.3 is 4.90 Å². The lowest BCUT2D eigenvalue weighted by atomic mass is 9.82. The topological polar surface area (TPSA) is 6.48 Å². The smallest absolute Gasteiger partial charge is 0.0819 e. The summed E-state index contributed by atoms with van der Waals surface area (Å²) >= 11 is 0. The lowest BCUT2D eigenvalue weighted by Gasteiger charge is -2.45. The molecule has 0 spiro atoms. The molecule has 120 valence electrons. The summed E-state index contributed by atoms with van der Waals surface area (Å²) in [5.74, 6) is 0. The molecule has 0 amide bonds. The summed E-state index contributed by atoms with van der Waals surface area (Å²) in [5.41, 5.74) is 4.27.